The Morgan fingerprint density at radius 1 is 0.850 bits per heavy atom. The Kier molecular flexibility index (Phi) is 9.97. The van der Waals surface area contributed by atoms with Gasteiger partial charge in [-0.05, 0) is 37.1 Å². The number of aliphatic hydroxyl groups is 2. The van der Waals surface area contributed by atoms with Crippen LogP contribution in [0.4, 0.5) is 5.69 Å². The zero-order valence-electron chi connectivity index (χ0n) is 23.2. The van der Waals surface area contributed by atoms with Crippen molar-refractivity contribution in [2.24, 2.45) is 0 Å². The molecule has 1 aliphatic heterocycles. The Morgan fingerprint density at radius 3 is 2.27 bits per heavy atom. The summed E-state index contributed by atoms with van der Waals surface area (Å²) in [6.07, 6.45) is 3.43. The Balaban J connectivity index is 2.04. The minimum absolute atomic E-state index is 0.0208. The number of unbranched alkanes of at least 4 members (excludes halogenated alkanes) is 1. The average molecular weight is 568 g/mol. The second-order valence-electron chi connectivity index (χ2n) is 9.94. The summed E-state index contributed by atoms with van der Waals surface area (Å²) in [7, 11) is -4.49. The lowest BCUT2D eigenvalue weighted by atomic mass is 9.93. The number of aliphatic hydroxyl groups excluding tert-OH is 2. The minimum Gasteiger partial charge on any atom is -0.456 e. The zero-order chi connectivity index (χ0) is 28.7. The van der Waals surface area contributed by atoms with Crippen LogP contribution in [0.25, 0.3) is 33.4 Å². The first-order chi connectivity index (χ1) is 19.3. The zero-order valence-corrected chi connectivity index (χ0v) is 24.0. The predicted octanol–water partition coefficient (Wildman–Crippen LogP) is 4.61. The molecule has 0 spiro atoms. The van der Waals surface area contributed by atoms with E-state index in [1.54, 1.807) is 18.2 Å². The van der Waals surface area contributed by atoms with Gasteiger partial charge in [0.2, 0.25) is 5.36 Å². The topological polar surface area (TPSA) is 114 Å². The van der Waals surface area contributed by atoms with Gasteiger partial charge >= 0.3 is 0 Å². The molecule has 0 aromatic heterocycles. The maximum absolute atomic E-state index is 12.4. The number of hydrogen-bond acceptors (Lipinski definition) is 6. The molecule has 2 aliphatic rings. The van der Waals surface area contributed by atoms with Gasteiger partial charge in [0.15, 0.2) is 0 Å². The first-order valence-corrected chi connectivity index (χ1v) is 15.4. The number of nitrogens with zero attached hydrogens (tertiary/aromatic N) is 2. The van der Waals surface area contributed by atoms with E-state index in [0.29, 0.717) is 47.4 Å². The van der Waals surface area contributed by atoms with Crippen molar-refractivity contribution in [1.29, 1.82) is 0 Å². The summed E-state index contributed by atoms with van der Waals surface area (Å²) >= 11 is 0. The summed E-state index contributed by atoms with van der Waals surface area (Å²) in [5.41, 5.74) is 3.21. The highest BCUT2D eigenvalue weighted by molar-refractivity contribution is 7.86. The fourth-order valence-corrected chi connectivity index (χ4v) is 5.96. The smallest absolute Gasteiger partial charge is 0.295 e. The van der Waals surface area contributed by atoms with Crippen LogP contribution in [0.1, 0.15) is 39.5 Å². The maximum atomic E-state index is 12.4. The molecule has 0 radical (unpaired) electrons. The highest BCUT2D eigenvalue weighted by atomic mass is 32.2. The number of benzene rings is 3. The highest BCUT2D eigenvalue weighted by Gasteiger charge is 2.24. The molecule has 1 aliphatic carbocycles. The Hall–Kier alpha value is -3.24. The Morgan fingerprint density at radius 2 is 1.60 bits per heavy atom. The SMILES string of the molecule is CCC[N+](CCC)=c1ccc2c(-c3ccccc3S(=O)(=O)O)c3ccc(N(CCO)CCCCO)cc3oc-2c1. The van der Waals surface area contributed by atoms with E-state index < -0.39 is 10.1 Å². The molecular weight excluding hydrogens is 528 g/mol. The molecule has 0 amide bonds. The fourth-order valence-electron chi connectivity index (χ4n) is 5.26. The fraction of sp³-hybridized carbons (Fsp3) is 0.387. The maximum Gasteiger partial charge on any atom is 0.295 e. The lowest BCUT2D eigenvalue weighted by molar-refractivity contribution is 0.282. The van der Waals surface area contributed by atoms with Gasteiger partial charge in [0.1, 0.15) is 29.3 Å². The minimum atomic E-state index is -4.49. The van der Waals surface area contributed by atoms with Crippen LogP contribution in [0.15, 0.2) is 70.0 Å². The van der Waals surface area contributed by atoms with Gasteiger partial charge in [-0.2, -0.15) is 8.42 Å². The first-order valence-electron chi connectivity index (χ1n) is 13.9. The summed E-state index contributed by atoms with van der Waals surface area (Å²) in [5.74, 6) is 0.605. The lowest BCUT2D eigenvalue weighted by Crippen LogP contribution is -2.31. The van der Waals surface area contributed by atoms with Gasteiger partial charge in [0, 0.05) is 72.4 Å². The largest absolute Gasteiger partial charge is 0.456 e. The molecular formula is C31H39N2O6S+. The van der Waals surface area contributed by atoms with E-state index in [-0.39, 0.29) is 18.1 Å². The van der Waals surface area contributed by atoms with Gasteiger partial charge in [-0.15, -0.1) is 0 Å². The third-order valence-electron chi connectivity index (χ3n) is 7.05. The van der Waals surface area contributed by atoms with Crippen LogP contribution in [-0.4, -0.2) is 62.6 Å². The van der Waals surface area contributed by atoms with Crippen LogP contribution in [0.3, 0.4) is 0 Å². The summed E-state index contributed by atoms with van der Waals surface area (Å²) in [5, 5.41) is 20.6. The van der Waals surface area contributed by atoms with Crippen molar-refractivity contribution >= 4 is 26.8 Å². The van der Waals surface area contributed by atoms with Crippen LogP contribution in [0.5, 0.6) is 0 Å². The van der Waals surface area contributed by atoms with Gasteiger partial charge in [0.25, 0.3) is 10.1 Å². The van der Waals surface area contributed by atoms with E-state index in [9.17, 15) is 23.2 Å². The van der Waals surface area contributed by atoms with Crippen LogP contribution in [-0.2, 0) is 10.1 Å². The average Bonchev–Trinajstić information content (AvgIpc) is 2.94. The predicted molar refractivity (Wildman–Crippen MR) is 159 cm³/mol. The van der Waals surface area contributed by atoms with E-state index in [1.807, 2.05) is 41.3 Å². The summed E-state index contributed by atoms with van der Waals surface area (Å²) in [6, 6.07) is 18.2. The normalized spacial score (nSPS) is 11.8. The van der Waals surface area contributed by atoms with Crippen molar-refractivity contribution in [2.75, 3.05) is 44.3 Å². The third kappa shape index (κ3) is 6.55. The van der Waals surface area contributed by atoms with Crippen LogP contribution >= 0.6 is 0 Å². The number of rotatable bonds is 13. The number of fused-ring (bicyclic) bond motifs is 2. The quantitative estimate of drug-likeness (QED) is 0.0935. The van der Waals surface area contributed by atoms with E-state index in [4.69, 9.17) is 4.42 Å². The molecule has 4 rings (SSSR count). The van der Waals surface area contributed by atoms with Gasteiger partial charge in [-0.1, -0.05) is 32.0 Å². The molecule has 9 heteroatoms. The van der Waals surface area contributed by atoms with E-state index >= 15 is 0 Å². The molecule has 0 atom stereocenters. The molecule has 0 unspecified atom stereocenters. The van der Waals surface area contributed by atoms with E-state index in [2.05, 4.69) is 18.4 Å². The van der Waals surface area contributed by atoms with Crippen LogP contribution in [0, 0.1) is 0 Å². The number of anilines is 1. The molecule has 214 valence electrons. The van der Waals surface area contributed by atoms with Crippen LogP contribution in [0.2, 0.25) is 0 Å². The van der Waals surface area contributed by atoms with Gasteiger partial charge in [0.05, 0.1) is 12.7 Å². The van der Waals surface area contributed by atoms with Gasteiger partial charge in [-0.3, -0.25) is 4.55 Å². The second-order valence-corrected chi connectivity index (χ2v) is 11.3. The number of hydrogen-bond donors (Lipinski definition) is 3. The van der Waals surface area contributed by atoms with Crippen molar-refractivity contribution in [1.82, 2.24) is 4.58 Å². The van der Waals surface area contributed by atoms with Gasteiger partial charge in [-0.25, -0.2) is 4.58 Å². The van der Waals surface area contributed by atoms with Crippen molar-refractivity contribution in [3.05, 3.63) is 66.0 Å². The van der Waals surface area contributed by atoms with Crippen molar-refractivity contribution in [2.45, 2.75) is 44.4 Å². The first kappa shape index (κ1) is 29.7. The highest BCUT2D eigenvalue weighted by Crippen LogP contribution is 2.42. The Labute approximate surface area is 235 Å². The van der Waals surface area contributed by atoms with Crippen molar-refractivity contribution in [3.8, 4) is 22.5 Å². The molecule has 1 heterocycles. The summed E-state index contributed by atoms with van der Waals surface area (Å²) in [6.45, 7) is 7.27. The van der Waals surface area contributed by atoms with Crippen molar-refractivity contribution < 1.29 is 27.6 Å². The molecule has 0 bridgehead atoms. The third-order valence-corrected chi connectivity index (χ3v) is 7.96. The molecule has 0 saturated heterocycles. The van der Waals surface area contributed by atoms with Crippen molar-refractivity contribution in [3.63, 3.8) is 0 Å². The van der Waals surface area contributed by atoms with E-state index in [1.165, 1.54) is 6.07 Å². The second kappa shape index (κ2) is 13.4. The lowest BCUT2D eigenvalue weighted by Gasteiger charge is -2.25. The van der Waals surface area contributed by atoms with Gasteiger partial charge < -0.3 is 19.5 Å². The summed E-state index contributed by atoms with van der Waals surface area (Å²) in [4.78, 5) is 1.88. The molecule has 0 saturated carbocycles. The molecule has 0 fully saturated rings. The standard InChI is InChI=1S/C31H38N2O6S/c1-3-15-32(16-4-2)23-11-13-25-28(21-23)39-29-22-24(33(18-20-35)17-7-8-19-34)12-14-26(29)31(25)27-9-5-6-10-30(27)40(36,37)38/h5-6,9-14,21-22,34-35H,3-4,7-8,15-20H2,1-2H3/p+1. The molecule has 2 aromatic rings. The summed E-state index contributed by atoms with van der Waals surface area (Å²) < 4.78 is 43.7. The van der Waals surface area contributed by atoms with E-state index in [0.717, 1.165) is 49.0 Å². The molecule has 8 nitrogen and oxygen atoms in total. The molecule has 3 N–H and O–H groups in total. The Bertz CT molecular complexity index is 1590. The molecule has 2 aromatic carbocycles. The molecule has 40 heavy (non-hydrogen) atoms. The van der Waals surface area contributed by atoms with Crippen LogP contribution < -0.4 is 14.8 Å². The monoisotopic (exact) mass is 567 g/mol.